The van der Waals surface area contributed by atoms with E-state index in [2.05, 4.69) is 62.4 Å². The largest absolute Gasteiger partial charge is 0.437 e. The second kappa shape index (κ2) is 47.0. The third-order valence-corrected chi connectivity index (χ3v) is 44.2. The van der Waals surface area contributed by atoms with Crippen molar-refractivity contribution in [2.75, 3.05) is 27.5 Å². The van der Waals surface area contributed by atoms with E-state index in [-0.39, 0.29) is 0 Å². The van der Waals surface area contributed by atoms with E-state index in [1.54, 1.807) is 0 Å². The number of hydrogen-bond acceptors (Lipinski definition) is 10. The van der Waals surface area contributed by atoms with Crippen molar-refractivity contribution in [1.29, 1.82) is 0 Å². The van der Waals surface area contributed by atoms with Crippen molar-refractivity contribution < 1.29 is 45.5 Å². The van der Waals surface area contributed by atoms with Crippen LogP contribution >= 0.6 is 50.7 Å². The molecule has 19 aromatic rings. The lowest BCUT2D eigenvalue weighted by Gasteiger charge is -2.28. The number of rotatable bonds is 21. The van der Waals surface area contributed by atoms with Gasteiger partial charge in [0.15, 0.2) is 28.6 Å². The van der Waals surface area contributed by atoms with Crippen molar-refractivity contribution in [2.45, 2.75) is 83.1 Å². The summed E-state index contributed by atoms with van der Waals surface area (Å²) < 4.78 is 115. The highest BCUT2D eigenvalue weighted by atomic mass is 31.2. The first-order chi connectivity index (χ1) is 68.7. The molecule has 0 saturated heterocycles. The maximum Gasteiger partial charge on any atom is 0.361 e. The van der Waals surface area contributed by atoms with Crippen LogP contribution in [-0.4, -0.2) is 27.5 Å². The molecule has 19 rings (SSSR count). The van der Waals surface area contributed by atoms with Crippen LogP contribution in [0.2, 0.25) is 0 Å². The molecule has 17 heteroatoms. The van der Waals surface area contributed by atoms with Crippen molar-refractivity contribution in [1.82, 2.24) is 0 Å². The molecule has 0 fully saturated rings. The van der Waals surface area contributed by atoms with Gasteiger partial charge in [0.1, 0.15) is 12.9 Å². The first kappa shape index (κ1) is 106. The Labute approximate surface area is 845 Å². The smallest absolute Gasteiger partial charge is 0.361 e. The van der Waals surface area contributed by atoms with E-state index in [1.165, 1.54) is 19.8 Å². The van der Waals surface area contributed by atoms with Gasteiger partial charge in [-0.05, 0) is 218 Å². The summed E-state index contributed by atoms with van der Waals surface area (Å²) >= 11 is 0. The highest BCUT2D eigenvalue weighted by Crippen LogP contribution is 2.54. The molecule has 0 aliphatic rings. The van der Waals surface area contributed by atoms with Crippen molar-refractivity contribution in [3.05, 3.63) is 522 Å². The topological polar surface area (TPSA) is 147 Å². The summed E-state index contributed by atoms with van der Waals surface area (Å²) in [6.07, 6.45) is 0. The summed E-state index contributed by atoms with van der Waals surface area (Å²) in [4.78, 5) is 0. The number of aryl methyl sites for hydroxylation is 12. The van der Waals surface area contributed by atoms with Gasteiger partial charge in [-0.15, -0.1) is 0 Å². The van der Waals surface area contributed by atoms with E-state index in [9.17, 15) is 22.8 Å². The Bertz CT molecular complexity index is 7790. The van der Waals surface area contributed by atoms with Crippen molar-refractivity contribution in [2.24, 2.45) is 0 Å². The zero-order valence-corrected chi connectivity index (χ0v) is 90.3. The Morgan fingerprint density at radius 1 is 0.189 bits per heavy atom. The molecule has 0 atom stereocenters. The van der Waals surface area contributed by atoms with Crippen LogP contribution in [-0.2, 0) is 41.0 Å². The fourth-order valence-corrected chi connectivity index (χ4v) is 34.5. The van der Waals surface area contributed by atoms with Crippen molar-refractivity contribution in [3.63, 3.8) is 0 Å². The molecule has 0 amide bonds. The summed E-state index contributed by atoms with van der Waals surface area (Å²) in [6, 6.07) is 149. The minimum absolute atomic E-state index is 0.641. The quantitative estimate of drug-likeness (QED) is 0.0637. The van der Waals surface area contributed by atoms with Crippen LogP contribution in [0, 0.1) is 83.1 Å². The van der Waals surface area contributed by atoms with Gasteiger partial charge < -0.3 is 36.4 Å². The van der Waals surface area contributed by atoms with E-state index in [1.807, 2.05) is 489 Å². The molecule has 0 radical (unpaired) electrons. The lowest BCUT2D eigenvalue weighted by atomic mass is 9.93. The molecule has 0 saturated carbocycles. The number of fused-ring (bicyclic) bond motifs is 2. The predicted octanol–water partition coefficient (Wildman–Crippen LogP) is 27.0. The first-order valence-electron chi connectivity index (χ1n) is 47.7. The maximum absolute atomic E-state index is 16.4. The van der Waals surface area contributed by atoms with E-state index in [4.69, 9.17) is 13.6 Å². The minimum Gasteiger partial charge on any atom is -0.437 e. The van der Waals surface area contributed by atoms with E-state index in [0.717, 1.165) is 163 Å². The van der Waals surface area contributed by atoms with Crippen LogP contribution in [0.3, 0.4) is 0 Å². The van der Waals surface area contributed by atoms with Crippen LogP contribution in [0.15, 0.2) is 455 Å². The van der Waals surface area contributed by atoms with Crippen LogP contribution < -0.4 is 89.4 Å². The molecule has 19 aromatic carbocycles. The first-order valence-corrected chi connectivity index (χ1v) is 60.3. The zero-order valence-electron chi connectivity index (χ0n) is 84.0. The molecule has 0 heterocycles. The Balaban J connectivity index is 0.000000147. The van der Waals surface area contributed by atoms with Gasteiger partial charge >= 0.3 is 15.0 Å². The molecule has 0 spiro atoms. The second-order valence-corrected chi connectivity index (χ2v) is 55.1. The Kier molecular flexibility index (Phi) is 34.8. The zero-order chi connectivity index (χ0) is 102. The molecule has 143 heavy (non-hydrogen) atoms. The van der Waals surface area contributed by atoms with E-state index < -0.39 is 50.7 Å². The van der Waals surface area contributed by atoms with Gasteiger partial charge in [-0.3, -0.25) is 9.13 Å². The summed E-state index contributed by atoms with van der Waals surface area (Å²) in [7, 11) is -18.3. The van der Waals surface area contributed by atoms with Gasteiger partial charge in [0.05, 0.1) is 15.9 Å². The Morgan fingerprint density at radius 2 is 0.469 bits per heavy atom. The number of benzene rings is 19. The molecule has 0 aromatic heterocycles. The molecule has 0 N–H and O–H groups in total. The molecule has 722 valence electrons. The van der Waals surface area contributed by atoms with Crippen LogP contribution in [0.4, 0.5) is 0 Å². The molecule has 0 bridgehead atoms. The summed E-state index contributed by atoms with van der Waals surface area (Å²) in [6.45, 7) is 27.7. The van der Waals surface area contributed by atoms with Gasteiger partial charge in [0.2, 0.25) is 0 Å². The average Bonchev–Trinajstić information content (AvgIpc) is 0.708. The third kappa shape index (κ3) is 23.9. The van der Waals surface area contributed by atoms with Gasteiger partial charge in [-0.1, -0.05) is 422 Å². The summed E-state index contributed by atoms with van der Waals surface area (Å²) in [5.41, 5.74) is 14.6. The van der Waals surface area contributed by atoms with E-state index in [0.29, 0.717) is 21.7 Å². The fraction of sp³-hybridized carbons (Fsp3) is 0.127. The average molecular weight is 2010 g/mol. The Morgan fingerprint density at radius 3 is 0.825 bits per heavy atom. The highest BCUT2D eigenvalue weighted by molar-refractivity contribution is 7.87. The fourth-order valence-electron chi connectivity index (χ4n) is 17.9. The van der Waals surface area contributed by atoms with Gasteiger partial charge in [-0.2, -0.15) is 0 Å². The van der Waals surface area contributed by atoms with Crippen LogP contribution in [0.1, 0.15) is 66.8 Å². The van der Waals surface area contributed by atoms with E-state index >= 15 is 9.13 Å². The van der Waals surface area contributed by atoms with Gasteiger partial charge in [0.25, 0.3) is 0 Å². The molecule has 0 unspecified atom stereocenters. The highest BCUT2D eigenvalue weighted by Gasteiger charge is 2.40. The molecule has 10 nitrogen and oxygen atoms in total. The third-order valence-electron chi connectivity index (χ3n) is 25.5. The SMILES string of the molecule is COP(=O)(OC)c1cc(C)ccc1C.Cc1ccc(C)c(OP(=O)(c2ccccc2)c2ccccc2)c1.Cc1ccc(C)c(P(C)(C)=O)c1.Cc1ccc(P(=O)(c2ccc(C)cc2)c2ccc3ccccc3c2-c2c(P(=O)(c3ccccc3)c3ccccc3)ccc3ccccc23)cc1.Cc1cccc(P(=O)(c2ccccc2)c2cccc(C)c2)c1.Cc1ccccc1P(=O)(c1ccccc1)c1ccccc1C. The molecule has 0 aliphatic carbocycles. The van der Waals surface area contributed by atoms with Gasteiger partial charge in [-0.25, -0.2) is 0 Å². The monoisotopic (exact) mass is 2010 g/mol. The second-order valence-electron chi connectivity index (χ2n) is 36.4. The van der Waals surface area contributed by atoms with Crippen LogP contribution in [0.25, 0.3) is 32.7 Å². The van der Waals surface area contributed by atoms with Gasteiger partial charge in [0, 0.05) is 94.3 Å². The minimum atomic E-state index is -3.51. The lowest BCUT2D eigenvalue weighted by molar-refractivity contribution is 0.287. The number of hydrogen-bond donors (Lipinski definition) is 0. The molecular formula is C126H123O10P7. The normalized spacial score (nSPS) is 11.6. The molecule has 0 aliphatic heterocycles. The Hall–Kier alpha value is -13.0. The lowest BCUT2D eigenvalue weighted by Crippen LogP contribution is -2.30. The predicted molar refractivity (Wildman–Crippen MR) is 614 cm³/mol. The maximum atomic E-state index is 16.4. The standard InChI is InChI=1S/C46H36O2P2.C20H19O2P.2C20H19OP.C10H15O3P.C10H15OP/c1-33-21-27-39(28-22-33)50(48,40-29-23-34(2)24-30-40)44-32-26-36-14-10-12-20-42(36)46(44)45-41-19-11-9-13-35(41)25-31-43(45)49(47,37-15-5-3-6-16-37)38-17-7-4-8-18-38;1-16-13-14-17(2)20(15-16)22-23(21,18-9-5-3-6-10-18)19-11-7-4-8-12-19;1-16-10-6-8-14-19(16)22(21,18-12-4-3-5-13-18)20-15-9-7-11-17(20)2;1-16-8-6-12-19(14-16)22(21,18-10-4-3-5-11-18)20-13-7-9-17(2)15-20;1-8-5-6-9(2)10(7-8)14(11,12-3)13-4;1-8-5-6-9(2)10(7-8)12(3,4)11/h3-32H,1-2H3;3-15H,1-2H3;2*3-15H,1-2H3;5-7H,1-4H3;5-7H,1-4H3. The van der Waals surface area contributed by atoms with Crippen LogP contribution in [0.5, 0.6) is 5.75 Å². The molecular weight excluding hydrogens is 1890 g/mol. The summed E-state index contributed by atoms with van der Waals surface area (Å²) in [5, 5.41) is 16.9. The summed E-state index contributed by atoms with van der Waals surface area (Å²) in [5.74, 6) is 0.668. The van der Waals surface area contributed by atoms with Crippen molar-refractivity contribution in [3.8, 4) is 16.9 Å². The van der Waals surface area contributed by atoms with Crippen molar-refractivity contribution >= 4 is 157 Å².